The number of carbonyl (C=O) groups excluding carboxylic acids is 2. The molecule has 0 aromatic rings. The normalized spacial score (nSPS) is 14.7. The third kappa shape index (κ3) is 10.6. The summed E-state index contributed by atoms with van der Waals surface area (Å²) >= 11 is -0.147. The van der Waals surface area contributed by atoms with Gasteiger partial charge < -0.3 is 9.47 Å². The molecule has 0 saturated heterocycles. The van der Waals surface area contributed by atoms with Crippen molar-refractivity contribution in [3.05, 3.63) is 0 Å². The molecule has 0 fully saturated rings. The van der Waals surface area contributed by atoms with E-state index in [0.717, 1.165) is 0 Å². The van der Waals surface area contributed by atoms with Gasteiger partial charge in [0.25, 0.3) is 0 Å². The fourth-order valence-corrected chi connectivity index (χ4v) is 3.34. The van der Waals surface area contributed by atoms with Gasteiger partial charge in [-0.1, -0.05) is 5.04 Å². The number of hydrogen-bond acceptors (Lipinski definition) is 8. The van der Waals surface area contributed by atoms with Crippen LogP contribution < -0.4 is 0 Å². The lowest BCUT2D eigenvalue weighted by Gasteiger charge is -2.32. The maximum Gasteiger partial charge on any atom is 0.377 e. The lowest BCUT2D eigenvalue weighted by Crippen LogP contribution is -2.57. The van der Waals surface area contributed by atoms with Crippen molar-refractivity contribution >= 4 is 24.0 Å². The van der Waals surface area contributed by atoms with E-state index >= 15 is 0 Å². The highest BCUT2D eigenvalue weighted by Crippen LogP contribution is 2.51. The zero-order valence-electron chi connectivity index (χ0n) is 21.4. The Morgan fingerprint density at radius 3 is 1.39 bits per heavy atom. The molecule has 0 aliphatic heterocycles. The van der Waals surface area contributed by atoms with Crippen molar-refractivity contribution < 1.29 is 104 Å². The Kier molecular flexibility index (Phi) is 15.8. The molecule has 0 aliphatic rings. The topological polar surface area (TPSA) is 91.3 Å². The minimum Gasteiger partial charge on any atom is -0.466 e. The number of unbranched alkanes of at least 4 members (excludes halogenated alkanes) is 2. The van der Waals surface area contributed by atoms with Gasteiger partial charge in [-0.3, -0.25) is 9.59 Å². The average molecular weight is 710 g/mol. The molecule has 0 radical (unpaired) electrons. The van der Waals surface area contributed by atoms with E-state index in [1.165, 1.54) is 0 Å². The molecular weight excluding hydrogens is 688 g/mol. The third-order valence-electron chi connectivity index (χ3n) is 5.38. The fourth-order valence-electron chi connectivity index (χ4n) is 2.86. The van der Waals surface area contributed by atoms with Crippen LogP contribution in [0.15, 0.2) is 0 Å². The van der Waals surface area contributed by atoms with Gasteiger partial charge in [0.2, 0.25) is 0 Å². The molecule has 0 amide bonds. The molecule has 1 N–H and O–H groups in total. The van der Waals surface area contributed by atoms with Crippen LogP contribution in [-0.2, 0) is 28.4 Å². The summed E-state index contributed by atoms with van der Waals surface area (Å²) in [5, 5.41) is 9.51. The van der Waals surface area contributed by atoms with Crippen molar-refractivity contribution in [1.82, 2.24) is 0 Å². The molecule has 0 aromatic heterocycles. The molecule has 262 valence electrons. The molecule has 44 heavy (non-hydrogen) atoms. The monoisotopic (exact) mass is 710 g/mol. The highest BCUT2D eigenvalue weighted by atomic mass is 32.2. The molecular formula is C20H22F16O7S. The van der Waals surface area contributed by atoms with Gasteiger partial charge in [-0.15, -0.1) is 4.33 Å². The minimum atomic E-state index is -6.44. The summed E-state index contributed by atoms with van der Waals surface area (Å²) in [4.78, 5) is 23.9. The zero-order chi connectivity index (χ0) is 34.8. The molecule has 0 saturated carbocycles. The van der Waals surface area contributed by atoms with Crippen molar-refractivity contribution in [2.24, 2.45) is 0 Å². The van der Waals surface area contributed by atoms with E-state index in [2.05, 4.69) is 18.8 Å². The summed E-state index contributed by atoms with van der Waals surface area (Å²) < 4.78 is 219. The molecule has 0 heterocycles. The van der Waals surface area contributed by atoms with Gasteiger partial charge in [0, 0.05) is 12.8 Å². The number of carbonyl (C=O) groups is 2. The first kappa shape index (κ1) is 42.0. The van der Waals surface area contributed by atoms with Crippen LogP contribution in [0.3, 0.4) is 0 Å². The van der Waals surface area contributed by atoms with Crippen molar-refractivity contribution in [2.45, 2.75) is 98.6 Å². The molecule has 0 aliphatic carbocycles. The molecule has 0 bridgehead atoms. The third-order valence-corrected chi connectivity index (χ3v) is 6.11. The lowest BCUT2D eigenvalue weighted by molar-refractivity contribution is -0.432. The molecule has 1 unspecified atom stereocenters. The van der Waals surface area contributed by atoms with Crippen LogP contribution in [0.25, 0.3) is 0 Å². The second-order valence-electron chi connectivity index (χ2n) is 8.64. The first-order valence-corrected chi connectivity index (χ1v) is 12.4. The largest absolute Gasteiger partial charge is 0.466 e. The van der Waals surface area contributed by atoms with E-state index in [9.17, 15) is 79.8 Å². The summed E-state index contributed by atoms with van der Waals surface area (Å²) in [6.07, 6.45) is -18.9. The number of rotatable bonds is 22. The second kappa shape index (κ2) is 16.6. The first-order valence-electron chi connectivity index (χ1n) is 11.6. The number of alkyl halides is 16. The highest BCUT2D eigenvalue weighted by molar-refractivity contribution is 7.95. The first-order chi connectivity index (χ1) is 19.8. The Hall–Kier alpha value is -1.95. The molecule has 0 spiro atoms. The van der Waals surface area contributed by atoms with Gasteiger partial charge in [0.05, 0.1) is 31.7 Å². The Morgan fingerprint density at radius 1 is 0.636 bits per heavy atom. The van der Waals surface area contributed by atoms with E-state index < -0.39 is 124 Å². The van der Waals surface area contributed by atoms with E-state index in [-0.39, 0.29) is 12.0 Å². The van der Waals surface area contributed by atoms with Crippen LogP contribution in [0.1, 0.15) is 44.9 Å². The van der Waals surface area contributed by atoms with Gasteiger partial charge in [0.1, 0.15) is 5.25 Å². The summed E-state index contributed by atoms with van der Waals surface area (Å²) in [5.74, 6) is -39.7. The van der Waals surface area contributed by atoms with Crippen molar-refractivity contribution in [1.29, 1.82) is 0 Å². The summed E-state index contributed by atoms with van der Waals surface area (Å²) in [7, 11) is 0. The van der Waals surface area contributed by atoms with Gasteiger partial charge in [0.15, 0.2) is 0 Å². The Morgan fingerprint density at radius 2 is 1.02 bits per heavy atom. The SMILES string of the molecule is O=C(CC(SOOO)C(=O)OCCCCC(F)(F)C(F)(F)C(F)(F)C(F)F)OCCCCC(F)(F)C(F)(F)C(F)(F)C(F)F. The molecule has 0 rings (SSSR count). The standard InChI is InChI=1S/C20H22F16O7S/c21-13(22)17(29,30)19(33,34)15(25,26)5-1-3-7-40-11(37)9-10(44-43-42-39)12(38)41-8-4-2-6-16(27,28)20(35,36)18(31,32)14(23)24/h10,13-14,39H,1-9H2. The molecule has 0 aromatic carbocycles. The number of halogens is 16. The van der Waals surface area contributed by atoms with Crippen molar-refractivity contribution in [2.75, 3.05) is 13.2 Å². The van der Waals surface area contributed by atoms with E-state index in [4.69, 9.17) is 5.26 Å². The van der Waals surface area contributed by atoms with Crippen molar-refractivity contribution in [3.8, 4) is 0 Å². The maximum atomic E-state index is 13.5. The minimum absolute atomic E-state index is 0.147. The number of ether oxygens (including phenoxy) is 2. The van der Waals surface area contributed by atoms with Gasteiger partial charge in [-0.25, -0.2) is 22.8 Å². The second-order valence-corrected chi connectivity index (χ2v) is 9.54. The Bertz CT molecular complexity index is 907. The quantitative estimate of drug-likeness (QED) is 0.0307. The predicted molar refractivity (Wildman–Crippen MR) is 112 cm³/mol. The van der Waals surface area contributed by atoms with Crippen LogP contribution in [-0.4, -0.2) is 84.0 Å². The number of hydrogen-bond donors (Lipinski definition) is 1. The summed E-state index contributed by atoms with van der Waals surface area (Å²) in [6, 6.07) is 0. The van der Waals surface area contributed by atoms with Crippen LogP contribution in [0.5, 0.6) is 0 Å². The van der Waals surface area contributed by atoms with Gasteiger partial charge in [-0.05, 0) is 25.7 Å². The highest BCUT2D eigenvalue weighted by Gasteiger charge is 2.75. The predicted octanol–water partition coefficient (Wildman–Crippen LogP) is 7.58. The maximum absolute atomic E-state index is 13.5. The fraction of sp³-hybridized carbons (Fsp3) is 0.900. The smallest absolute Gasteiger partial charge is 0.377 e. The Balaban J connectivity index is 4.80. The van der Waals surface area contributed by atoms with E-state index in [1.54, 1.807) is 0 Å². The lowest BCUT2D eigenvalue weighted by atomic mass is 9.99. The van der Waals surface area contributed by atoms with E-state index in [0.29, 0.717) is 0 Å². The molecule has 1 atom stereocenters. The van der Waals surface area contributed by atoms with E-state index in [1.807, 2.05) is 0 Å². The van der Waals surface area contributed by atoms with Crippen LogP contribution in [0.4, 0.5) is 70.2 Å². The number of esters is 2. The molecule has 7 nitrogen and oxygen atoms in total. The van der Waals surface area contributed by atoms with Crippen molar-refractivity contribution in [3.63, 3.8) is 0 Å². The van der Waals surface area contributed by atoms with Crippen LogP contribution in [0.2, 0.25) is 0 Å². The summed E-state index contributed by atoms with van der Waals surface area (Å²) in [6.45, 7) is -1.76. The van der Waals surface area contributed by atoms with Gasteiger partial charge >= 0.3 is 60.3 Å². The van der Waals surface area contributed by atoms with Crippen LogP contribution >= 0.6 is 12.0 Å². The van der Waals surface area contributed by atoms with Crippen LogP contribution in [0, 0.1) is 0 Å². The molecule has 24 heteroatoms. The van der Waals surface area contributed by atoms with Gasteiger partial charge in [-0.2, -0.15) is 52.7 Å². The zero-order valence-corrected chi connectivity index (χ0v) is 22.3. The average Bonchev–Trinajstić information content (AvgIpc) is 2.89. The summed E-state index contributed by atoms with van der Waals surface area (Å²) in [5.41, 5.74) is 0. The Labute approximate surface area is 240 Å².